The summed E-state index contributed by atoms with van der Waals surface area (Å²) in [4.78, 5) is 26.1. The highest BCUT2D eigenvalue weighted by atomic mass is 35.5. The van der Waals surface area contributed by atoms with Gasteiger partial charge in [0.15, 0.2) is 0 Å². The van der Waals surface area contributed by atoms with Crippen LogP contribution in [-0.4, -0.2) is 18.4 Å². The third kappa shape index (κ3) is 3.44. The number of fused-ring (bicyclic) bond motifs is 1. The molecule has 1 atom stereocenters. The van der Waals surface area contributed by atoms with Crippen molar-refractivity contribution in [2.75, 3.05) is 11.5 Å². The van der Waals surface area contributed by atoms with E-state index < -0.39 is 6.04 Å². The van der Waals surface area contributed by atoms with Crippen molar-refractivity contribution in [1.82, 2.24) is 5.32 Å². The lowest BCUT2D eigenvalue weighted by Gasteiger charge is -2.20. The summed E-state index contributed by atoms with van der Waals surface area (Å²) in [5.41, 5.74) is 2.16. The summed E-state index contributed by atoms with van der Waals surface area (Å²) in [6.45, 7) is 5.70. The van der Waals surface area contributed by atoms with E-state index in [1.807, 2.05) is 24.3 Å². The number of hydrogen-bond donors (Lipinski definition) is 1. The number of hydrogen-bond acceptors (Lipinski definition) is 3. The zero-order valence-corrected chi connectivity index (χ0v) is 15.1. The summed E-state index contributed by atoms with van der Waals surface area (Å²) in [7, 11) is 0. The maximum absolute atomic E-state index is 13.0. The first-order valence-electron chi connectivity index (χ1n) is 8.21. The van der Waals surface area contributed by atoms with Gasteiger partial charge in [-0.2, -0.15) is 0 Å². The van der Waals surface area contributed by atoms with Crippen molar-refractivity contribution < 1.29 is 14.3 Å². The molecule has 2 aromatic carbocycles. The van der Waals surface area contributed by atoms with Gasteiger partial charge < -0.3 is 15.0 Å². The van der Waals surface area contributed by atoms with E-state index in [4.69, 9.17) is 16.3 Å². The molecule has 1 N–H and O–H groups in total. The lowest BCUT2D eigenvalue weighted by molar-refractivity contribution is -0.126. The Morgan fingerprint density at radius 2 is 2.08 bits per heavy atom. The lowest BCUT2D eigenvalue weighted by Crippen LogP contribution is -2.36. The molecular weight excluding hydrogens is 352 g/mol. The van der Waals surface area contributed by atoms with Crippen LogP contribution in [0, 0.1) is 0 Å². The van der Waals surface area contributed by atoms with Gasteiger partial charge in [0.05, 0.1) is 17.3 Å². The molecule has 3 rings (SSSR count). The number of rotatable bonds is 6. The molecule has 0 spiro atoms. The first-order chi connectivity index (χ1) is 12.5. The molecule has 1 aliphatic heterocycles. The number of halogens is 1. The summed E-state index contributed by atoms with van der Waals surface area (Å²) < 4.78 is 5.68. The molecule has 1 unspecified atom stereocenters. The summed E-state index contributed by atoms with van der Waals surface area (Å²) in [5, 5.41) is 3.17. The van der Waals surface area contributed by atoms with E-state index in [9.17, 15) is 9.59 Å². The van der Waals surface area contributed by atoms with Crippen LogP contribution in [0.15, 0.2) is 55.1 Å². The van der Waals surface area contributed by atoms with E-state index in [0.717, 1.165) is 5.56 Å². The van der Waals surface area contributed by atoms with E-state index in [-0.39, 0.29) is 11.8 Å². The highest BCUT2D eigenvalue weighted by molar-refractivity contribution is 6.34. The number of para-hydroxylation sites is 2. The number of carbonyl (C=O) groups is 2. The van der Waals surface area contributed by atoms with Gasteiger partial charge in [0.2, 0.25) is 5.91 Å². The number of nitrogens with zero attached hydrogens (tertiary/aromatic N) is 1. The third-order valence-corrected chi connectivity index (χ3v) is 4.42. The van der Waals surface area contributed by atoms with Gasteiger partial charge in [-0.3, -0.25) is 9.59 Å². The first-order valence-corrected chi connectivity index (χ1v) is 8.59. The van der Waals surface area contributed by atoms with Crippen molar-refractivity contribution in [3.8, 4) is 5.75 Å². The van der Waals surface area contributed by atoms with E-state index >= 15 is 0 Å². The molecule has 0 aromatic heterocycles. The largest absolute Gasteiger partial charge is 0.489 e. The second-order valence-corrected chi connectivity index (χ2v) is 6.35. The molecule has 5 nitrogen and oxygen atoms in total. The van der Waals surface area contributed by atoms with Crippen molar-refractivity contribution in [3.63, 3.8) is 0 Å². The Morgan fingerprint density at radius 3 is 2.81 bits per heavy atom. The fraction of sp³-hybridized carbons (Fsp3) is 0.200. The first kappa shape index (κ1) is 18.0. The Bertz CT molecular complexity index is 866. The van der Waals surface area contributed by atoms with E-state index in [1.165, 1.54) is 6.92 Å². The quantitative estimate of drug-likeness (QED) is 0.790. The van der Waals surface area contributed by atoms with Gasteiger partial charge in [-0.1, -0.05) is 54.6 Å². The molecule has 0 radical (unpaired) electrons. The number of benzene rings is 2. The van der Waals surface area contributed by atoms with Gasteiger partial charge in [-0.05, 0) is 12.1 Å². The van der Waals surface area contributed by atoms with Crippen molar-refractivity contribution in [2.24, 2.45) is 0 Å². The van der Waals surface area contributed by atoms with Crippen LogP contribution in [-0.2, 0) is 16.1 Å². The fourth-order valence-corrected chi connectivity index (χ4v) is 3.33. The Balaban J connectivity index is 1.98. The molecule has 1 heterocycles. The number of anilines is 1. The standard InChI is InChI=1S/C20H19ClN2O3/c1-3-11-26-17-10-5-4-7-14(17)12-23-19-15(8-6-9-16(19)21)18(20(23)25)22-13(2)24/h3-10,18H,1,11-12H2,2H3,(H,22,24). The second-order valence-electron chi connectivity index (χ2n) is 5.94. The zero-order valence-electron chi connectivity index (χ0n) is 14.4. The maximum atomic E-state index is 13.0. The van der Waals surface area contributed by atoms with E-state index in [0.29, 0.717) is 35.2 Å². The van der Waals surface area contributed by atoms with Crippen LogP contribution >= 0.6 is 11.6 Å². The van der Waals surface area contributed by atoms with Crippen LogP contribution in [0.4, 0.5) is 5.69 Å². The van der Waals surface area contributed by atoms with Crippen LogP contribution < -0.4 is 15.0 Å². The van der Waals surface area contributed by atoms with Gasteiger partial charge in [-0.25, -0.2) is 0 Å². The number of carbonyl (C=O) groups excluding carboxylic acids is 2. The Hall–Kier alpha value is -2.79. The van der Waals surface area contributed by atoms with Crippen molar-refractivity contribution in [1.29, 1.82) is 0 Å². The van der Waals surface area contributed by atoms with Crippen LogP contribution in [0.2, 0.25) is 5.02 Å². The molecule has 0 saturated heterocycles. The number of nitrogens with one attached hydrogen (secondary N) is 1. The van der Waals surface area contributed by atoms with Crippen LogP contribution in [0.3, 0.4) is 0 Å². The Labute approximate surface area is 157 Å². The molecule has 6 heteroatoms. The fourth-order valence-electron chi connectivity index (χ4n) is 3.04. The number of amides is 2. The van der Waals surface area contributed by atoms with Gasteiger partial charge in [0.1, 0.15) is 18.4 Å². The van der Waals surface area contributed by atoms with Gasteiger partial charge in [0, 0.05) is 18.1 Å². The van der Waals surface area contributed by atoms with Crippen LogP contribution in [0.25, 0.3) is 0 Å². The molecule has 1 aliphatic rings. The summed E-state index contributed by atoms with van der Waals surface area (Å²) in [6.07, 6.45) is 1.66. The highest BCUT2D eigenvalue weighted by Crippen LogP contribution is 2.42. The number of ether oxygens (including phenoxy) is 1. The molecule has 26 heavy (non-hydrogen) atoms. The highest BCUT2D eigenvalue weighted by Gasteiger charge is 2.39. The van der Waals surface area contributed by atoms with Crippen LogP contribution in [0.1, 0.15) is 24.1 Å². The minimum absolute atomic E-state index is 0.221. The summed E-state index contributed by atoms with van der Waals surface area (Å²) in [6, 6.07) is 12.1. The smallest absolute Gasteiger partial charge is 0.254 e. The van der Waals surface area contributed by atoms with Crippen molar-refractivity contribution in [2.45, 2.75) is 19.5 Å². The topological polar surface area (TPSA) is 58.6 Å². The molecule has 0 aliphatic carbocycles. The molecule has 0 fully saturated rings. The predicted molar refractivity (Wildman–Crippen MR) is 101 cm³/mol. The molecule has 2 aromatic rings. The molecule has 2 amide bonds. The minimum Gasteiger partial charge on any atom is -0.489 e. The zero-order chi connectivity index (χ0) is 18.7. The maximum Gasteiger partial charge on any atom is 0.254 e. The second kappa shape index (κ2) is 7.62. The van der Waals surface area contributed by atoms with Gasteiger partial charge in [-0.15, -0.1) is 0 Å². The van der Waals surface area contributed by atoms with Crippen molar-refractivity contribution in [3.05, 3.63) is 71.3 Å². The third-order valence-electron chi connectivity index (χ3n) is 4.12. The van der Waals surface area contributed by atoms with Crippen molar-refractivity contribution >= 4 is 29.1 Å². The Morgan fingerprint density at radius 1 is 1.31 bits per heavy atom. The van der Waals surface area contributed by atoms with E-state index in [2.05, 4.69) is 11.9 Å². The van der Waals surface area contributed by atoms with Gasteiger partial charge >= 0.3 is 0 Å². The average Bonchev–Trinajstić information content (AvgIpc) is 2.87. The lowest BCUT2D eigenvalue weighted by atomic mass is 10.1. The Kier molecular flexibility index (Phi) is 5.28. The van der Waals surface area contributed by atoms with Gasteiger partial charge in [0.25, 0.3) is 5.91 Å². The monoisotopic (exact) mass is 370 g/mol. The minimum atomic E-state index is -0.734. The molecule has 0 saturated carbocycles. The molecular formula is C20H19ClN2O3. The molecule has 0 bridgehead atoms. The van der Waals surface area contributed by atoms with Crippen LogP contribution in [0.5, 0.6) is 5.75 Å². The predicted octanol–water partition coefficient (Wildman–Crippen LogP) is 3.63. The molecule has 134 valence electrons. The normalized spacial score (nSPS) is 15.5. The summed E-state index contributed by atoms with van der Waals surface area (Å²) >= 11 is 6.37. The SMILES string of the molecule is C=CCOc1ccccc1CN1C(=O)C(NC(C)=O)c2cccc(Cl)c21. The average molecular weight is 371 g/mol. The van der Waals surface area contributed by atoms with E-state index in [1.54, 1.807) is 29.2 Å². The summed E-state index contributed by atoms with van der Waals surface area (Å²) in [5.74, 6) is 0.185.